The number of aliphatic carboxylic acids is 1. The second-order valence-corrected chi connectivity index (χ2v) is 5.58. The lowest BCUT2D eigenvalue weighted by molar-refractivity contribution is -0.142. The Bertz CT molecular complexity index is 473. The minimum absolute atomic E-state index is 0.179. The highest BCUT2D eigenvalue weighted by Crippen LogP contribution is 2.41. The van der Waals surface area contributed by atoms with Crippen molar-refractivity contribution in [3.63, 3.8) is 0 Å². The van der Waals surface area contributed by atoms with Crippen molar-refractivity contribution in [1.29, 1.82) is 0 Å². The number of halogens is 1. The Hall–Kier alpha value is -1.35. The molecular weight excluding hydrogens is 264 g/mol. The average Bonchev–Trinajstić information content (AvgIpc) is 2.39. The predicted molar refractivity (Wildman–Crippen MR) is 73.5 cm³/mol. The van der Waals surface area contributed by atoms with Crippen molar-refractivity contribution in [2.75, 3.05) is 0 Å². The van der Waals surface area contributed by atoms with Crippen molar-refractivity contribution >= 4 is 23.4 Å². The fraction of sp³-hybridized carbons (Fsp3) is 0.467. The zero-order valence-corrected chi connectivity index (χ0v) is 11.4. The van der Waals surface area contributed by atoms with Gasteiger partial charge in [-0.2, -0.15) is 0 Å². The fourth-order valence-electron chi connectivity index (χ4n) is 2.96. The van der Waals surface area contributed by atoms with Gasteiger partial charge in [0.1, 0.15) is 6.42 Å². The van der Waals surface area contributed by atoms with Crippen molar-refractivity contribution in [2.45, 2.75) is 43.9 Å². The summed E-state index contributed by atoms with van der Waals surface area (Å²) in [4.78, 5) is 23.2. The van der Waals surface area contributed by atoms with E-state index < -0.39 is 17.8 Å². The van der Waals surface area contributed by atoms with E-state index in [4.69, 9.17) is 16.7 Å². The van der Waals surface area contributed by atoms with E-state index in [1.54, 1.807) is 12.1 Å². The number of hydrogen-bond acceptors (Lipinski definition) is 2. The summed E-state index contributed by atoms with van der Waals surface area (Å²) < 4.78 is 0. The topological polar surface area (TPSA) is 54.4 Å². The SMILES string of the molecule is O=C(O)CC(=O)C1(c2ccc(Cl)cc2)CCCCC1. The molecule has 1 aliphatic rings. The molecule has 0 heterocycles. The van der Waals surface area contributed by atoms with E-state index in [1.165, 1.54) is 0 Å². The van der Waals surface area contributed by atoms with E-state index in [0.717, 1.165) is 37.7 Å². The van der Waals surface area contributed by atoms with Gasteiger partial charge in [0.05, 0.1) is 5.41 Å². The first-order chi connectivity index (χ1) is 9.04. The summed E-state index contributed by atoms with van der Waals surface area (Å²) in [5.41, 5.74) is 0.282. The zero-order chi connectivity index (χ0) is 13.9. The highest BCUT2D eigenvalue weighted by atomic mass is 35.5. The number of benzene rings is 1. The summed E-state index contributed by atoms with van der Waals surface area (Å²) in [6.07, 6.45) is 4.11. The number of Topliss-reactive ketones (excluding diaryl/α,β-unsaturated/α-hetero) is 1. The molecule has 0 aliphatic heterocycles. The first-order valence-electron chi connectivity index (χ1n) is 6.56. The summed E-state index contributed by atoms with van der Waals surface area (Å²) in [7, 11) is 0. The van der Waals surface area contributed by atoms with Crippen LogP contribution in [0.25, 0.3) is 0 Å². The van der Waals surface area contributed by atoms with Gasteiger partial charge in [-0.05, 0) is 30.5 Å². The van der Waals surface area contributed by atoms with Crippen molar-refractivity contribution in [2.24, 2.45) is 0 Å². The third-order valence-corrected chi connectivity index (χ3v) is 4.20. The molecule has 1 aromatic rings. The molecule has 19 heavy (non-hydrogen) atoms. The van der Waals surface area contributed by atoms with Crippen LogP contribution in [0.15, 0.2) is 24.3 Å². The van der Waals surface area contributed by atoms with E-state index in [2.05, 4.69) is 0 Å². The van der Waals surface area contributed by atoms with Crippen molar-refractivity contribution in [3.8, 4) is 0 Å². The predicted octanol–water partition coefficient (Wildman–Crippen LogP) is 3.59. The maximum atomic E-state index is 12.4. The molecule has 4 heteroatoms. The Labute approximate surface area is 117 Å². The molecule has 0 bridgehead atoms. The maximum Gasteiger partial charge on any atom is 0.310 e. The monoisotopic (exact) mass is 280 g/mol. The molecule has 1 N–H and O–H groups in total. The molecule has 0 radical (unpaired) electrons. The summed E-state index contributed by atoms with van der Waals surface area (Å²) in [6, 6.07) is 7.24. The quantitative estimate of drug-likeness (QED) is 0.858. The van der Waals surface area contributed by atoms with Gasteiger partial charge in [-0.15, -0.1) is 0 Å². The van der Waals surface area contributed by atoms with E-state index in [1.807, 2.05) is 12.1 Å². The smallest absolute Gasteiger partial charge is 0.310 e. The minimum Gasteiger partial charge on any atom is -0.481 e. The fourth-order valence-corrected chi connectivity index (χ4v) is 3.09. The second kappa shape index (κ2) is 5.74. The van der Waals surface area contributed by atoms with Crippen LogP contribution in [-0.2, 0) is 15.0 Å². The number of carboxylic acids is 1. The van der Waals surface area contributed by atoms with Crippen LogP contribution >= 0.6 is 11.6 Å². The molecule has 0 saturated heterocycles. The van der Waals surface area contributed by atoms with Gasteiger partial charge in [0.15, 0.2) is 5.78 Å². The molecule has 1 saturated carbocycles. The van der Waals surface area contributed by atoms with Gasteiger partial charge >= 0.3 is 5.97 Å². The van der Waals surface area contributed by atoms with E-state index in [0.29, 0.717) is 5.02 Å². The molecule has 1 fully saturated rings. The average molecular weight is 281 g/mol. The van der Waals surface area contributed by atoms with E-state index in [9.17, 15) is 9.59 Å². The van der Waals surface area contributed by atoms with Gasteiger partial charge < -0.3 is 5.11 Å². The molecule has 0 unspecified atom stereocenters. The Morgan fingerprint density at radius 3 is 2.21 bits per heavy atom. The van der Waals surface area contributed by atoms with Crippen LogP contribution in [0.1, 0.15) is 44.1 Å². The molecule has 0 atom stereocenters. The van der Waals surface area contributed by atoms with E-state index in [-0.39, 0.29) is 5.78 Å². The summed E-state index contributed by atoms with van der Waals surface area (Å²) >= 11 is 5.88. The van der Waals surface area contributed by atoms with Gasteiger partial charge in [-0.3, -0.25) is 9.59 Å². The minimum atomic E-state index is -1.05. The van der Waals surface area contributed by atoms with Gasteiger partial charge in [-0.1, -0.05) is 43.0 Å². The third kappa shape index (κ3) is 2.98. The van der Waals surface area contributed by atoms with Crippen LogP contribution in [-0.4, -0.2) is 16.9 Å². The first-order valence-corrected chi connectivity index (χ1v) is 6.93. The number of hydrogen-bond donors (Lipinski definition) is 1. The molecule has 3 nitrogen and oxygen atoms in total. The second-order valence-electron chi connectivity index (χ2n) is 5.14. The van der Waals surface area contributed by atoms with Crippen molar-refractivity contribution < 1.29 is 14.7 Å². The summed E-state index contributed by atoms with van der Waals surface area (Å²) in [5, 5.41) is 9.50. The van der Waals surface area contributed by atoms with Crippen LogP contribution in [0.2, 0.25) is 5.02 Å². The lowest BCUT2D eigenvalue weighted by atomic mass is 9.66. The molecule has 2 rings (SSSR count). The van der Waals surface area contributed by atoms with Crippen molar-refractivity contribution in [3.05, 3.63) is 34.9 Å². The van der Waals surface area contributed by atoms with Crippen LogP contribution in [0.3, 0.4) is 0 Å². The number of ketones is 1. The third-order valence-electron chi connectivity index (χ3n) is 3.95. The van der Waals surface area contributed by atoms with Crippen molar-refractivity contribution in [1.82, 2.24) is 0 Å². The maximum absolute atomic E-state index is 12.4. The van der Waals surface area contributed by atoms with Crippen LogP contribution in [0.4, 0.5) is 0 Å². The van der Waals surface area contributed by atoms with Gasteiger partial charge in [0.2, 0.25) is 0 Å². The zero-order valence-electron chi connectivity index (χ0n) is 10.7. The summed E-state index contributed by atoms with van der Waals surface area (Å²) in [5.74, 6) is -1.23. The molecule has 0 aromatic heterocycles. The standard InChI is InChI=1S/C15H17ClO3/c16-12-6-4-11(5-7-12)15(8-2-1-3-9-15)13(17)10-14(18)19/h4-7H,1-3,8-10H2,(H,18,19). The Morgan fingerprint density at radius 2 is 1.68 bits per heavy atom. The van der Waals surface area contributed by atoms with Crippen LogP contribution in [0, 0.1) is 0 Å². The van der Waals surface area contributed by atoms with Crippen LogP contribution < -0.4 is 0 Å². The van der Waals surface area contributed by atoms with Crippen LogP contribution in [0.5, 0.6) is 0 Å². The lowest BCUT2D eigenvalue weighted by Gasteiger charge is -2.36. The largest absolute Gasteiger partial charge is 0.481 e. The Balaban J connectivity index is 2.36. The summed E-state index contributed by atoms with van der Waals surface area (Å²) in [6.45, 7) is 0. The molecule has 1 aromatic carbocycles. The Kier molecular flexibility index (Phi) is 4.25. The molecule has 0 spiro atoms. The number of carboxylic acid groups (broad SMARTS) is 1. The highest BCUT2D eigenvalue weighted by Gasteiger charge is 2.41. The first kappa shape index (κ1) is 14.1. The van der Waals surface area contributed by atoms with Gasteiger partial charge in [-0.25, -0.2) is 0 Å². The highest BCUT2D eigenvalue weighted by molar-refractivity contribution is 6.30. The van der Waals surface area contributed by atoms with Gasteiger partial charge in [0.25, 0.3) is 0 Å². The number of rotatable bonds is 4. The number of carbonyl (C=O) groups is 2. The van der Waals surface area contributed by atoms with Gasteiger partial charge in [0, 0.05) is 5.02 Å². The number of carbonyl (C=O) groups excluding carboxylic acids is 1. The molecule has 102 valence electrons. The lowest BCUT2D eigenvalue weighted by Crippen LogP contribution is -2.39. The van der Waals surface area contributed by atoms with E-state index >= 15 is 0 Å². The molecule has 1 aliphatic carbocycles. The normalized spacial score (nSPS) is 17.9. The molecule has 0 amide bonds. The Morgan fingerprint density at radius 1 is 1.11 bits per heavy atom. The molecular formula is C15H17ClO3.